The van der Waals surface area contributed by atoms with Crippen molar-refractivity contribution in [2.45, 2.75) is 0 Å². The van der Waals surface area contributed by atoms with Crippen LogP contribution in [0.2, 0.25) is 0 Å². The van der Waals surface area contributed by atoms with Crippen LogP contribution in [0.25, 0.3) is 0 Å². The van der Waals surface area contributed by atoms with Gasteiger partial charge in [0.15, 0.2) is 0 Å². The maximum absolute atomic E-state index is 10.3. The van der Waals surface area contributed by atoms with Crippen LogP contribution in [0.1, 0.15) is 0 Å². The average molecular weight is 126 g/mol. The third-order valence-electron chi connectivity index (χ3n) is 0.849. The summed E-state index contributed by atoms with van der Waals surface area (Å²) in [5, 5.41) is 0. The lowest BCUT2D eigenvalue weighted by molar-refractivity contribution is -0.131. The molecule has 0 aromatic rings. The van der Waals surface area contributed by atoms with E-state index in [0.717, 1.165) is 0 Å². The molecule has 1 aliphatic carbocycles. The Kier molecular flexibility index (Phi) is 2.54. The standard InChI is InChI=1S/C6H4O2.H2O/c7-5-3-1-2-4-6(5)8;/h1-4H;1H2. The molecule has 0 amide bonds. The summed E-state index contributed by atoms with van der Waals surface area (Å²) in [6.45, 7) is 0. The third kappa shape index (κ3) is 1.62. The maximum atomic E-state index is 10.3. The molecule has 0 aromatic heterocycles. The van der Waals surface area contributed by atoms with Crippen LogP contribution in [0.5, 0.6) is 0 Å². The number of hydrogen-bond acceptors (Lipinski definition) is 2. The molecule has 48 valence electrons. The molecule has 0 radical (unpaired) electrons. The predicted octanol–water partition coefficient (Wildman–Crippen LogP) is -0.574. The molecule has 2 N–H and O–H groups in total. The van der Waals surface area contributed by atoms with Gasteiger partial charge in [0, 0.05) is 0 Å². The van der Waals surface area contributed by atoms with Crippen molar-refractivity contribution < 1.29 is 15.1 Å². The lowest BCUT2D eigenvalue weighted by Crippen LogP contribution is -2.08. The quantitative estimate of drug-likeness (QED) is 0.322. The molecule has 1 rings (SSSR count). The summed E-state index contributed by atoms with van der Waals surface area (Å²) in [5.74, 6) is -0.875. The van der Waals surface area contributed by atoms with Gasteiger partial charge in [0.1, 0.15) is 0 Å². The van der Waals surface area contributed by atoms with E-state index in [2.05, 4.69) is 0 Å². The van der Waals surface area contributed by atoms with Crippen molar-refractivity contribution in [2.75, 3.05) is 0 Å². The number of hydrogen-bond donors (Lipinski definition) is 0. The molecular formula is C6H6O3. The Morgan fingerprint density at radius 1 is 0.889 bits per heavy atom. The van der Waals surface area contributed by atoms with Crippen molar-refractivity contribution >= 4 is 11.6 Å². The van der Waals surface area contributed by atoms with Crippen molar-refractivity contribution in [1.29, 1.82) is 0 Å². The fourth-order valence-electron chi connectivity index (χ4n) is 0.450. The normalized spacial score (nSPS) is 15.6. The van der Waals surface area contributed by atoms with Crippen LogP contribution in [-0.2, 0) is 9.59 Å². The van der Waals surface area contributed by atoms with E-state index in [4.69, 9.17) is 0 Å². The van der Waals surface area contributed by atoms with Crippen LogP contribution in [0.3, 0.4) is 0 Å². The highest BCUT2D eigenvalue weighted by molar-refractivity contribution is 6.46. The third-order valence-corrected chi connectivity index (χ3v) is 0.849. The second-order valence-electron chi connectivity index (χ2n) is 1.45. The average Bonchev–Trinajstić information content (AvgIpc) is 1.77. The Morgan fingerprint density at radius 2 is 1.22 bits per heavy atom. The number of carbonyl (C=O) groups is 2. The zero-order valence-corrected chi connectivity index (χ0v) is 4.63. The Morgan fingerprint density at radius 3 is 1.44 bits per heavy atom. The lowest BCUT2D eigenvalue weighted by Gasteiger charge is -1.88. The number of allylic oxidation sites excluding steroid dienone is 4. The van der Waals surface area contributed by atoms with Crippen molar-refractivity contribution in [3.8, 4) is 0 Å². The van der Waals surface area contributed by atoms with E-state index in [0.29, 0.717) is 0 Å². The van der Waals surface area contributed by atoms with Crippen LogP contribution in [-0.4, -0.2) is 17.0 Å². The molecule has 0 aliphatic heterocycles. The molecule has 9 heavy (non-hydrogen) atoms. The highest BCUT2D eigenvalue weighted by Gasteiger charge is 2.06. The minimum Gasteiger partial charge on any atom is -0.412 e. The van der Waals surface area contributed by atoms with Crippen molar-refractivity contribution in [3.63, 3.8) is 0 Å². The first kappa shape index (κ1) is 7.78. The summed E-state index contributed by atoms with van der Waals surface area (Å²) in [6, 6.07) is 0. The summed E-state index contributed by atoms with van der Waals surface area (Å²) >= 11 is 0. The van der Waals surface area contributed by atoms with Crippen LogP contribution in [0.4, 0.5) is 0 Å². The van der Waals surface area contributed by atoms with E-state index < -0.39 is 11.6 Å². The smallest absolute Gasteiger partial charge is 0.225 e. The van der Waals surface area contributed by atoms with Gasteiger partial charge in [-0.25, -0.2) is 0 Å². The zero-order chi connectivity index (χ0) is 5.98. The summed E-state index contributed by atoms with van der Waals surface area (Å²) in [5.41, 5.74) is 0. The Bertz CT molecular complexity index is 166. The summed E-state index contributed by atoms with van der Waals surface area (Å²) < 4.78 is 0. The molecule has 3 heteroatoms. The van der Waals surface area contributed by atoms with E-state index in [1.165, 1.54) is 12.2 Å². The first-order chi connectivity index (χ1) is 3.80. The van der Waals surface area contributed by atoms with Gasteiger partial charge >= 0.3 is 0 Å². The number of rotatable bonds is 0. The molecule has 1 aliphatic rings. The van der Waals surface area contributed by atoms with E-state index in [9.17, 15) is 9.59 Å². The second-order valence-corrected chi connectivity index (χ2v) is 1.45. The lowest BCUT2D eigenvalue weighted by atomic mass is 10.1. The van der Waals surface area contributed by atoms with E-state index >= 15 is 0 Å². The molecule has 3 nitrogen and oxygen atoms in total. The second kappa shape index (κ2) is 2.94. The molecule has 0 aromatic carbocycles. The summed E-state index contributed by atoms with van der Waals surface area (Å²) in [6.07, 6.45) is 5.60. The van der Waals surface area contributed by atoms with Gasteiger partial charge in [0.2, 0.25) is 11.6 Å². The van der Waals surface area contributed by atoms with Gasteiger partial charge in [0.25, 0.3) is 0 Å². The van der Waals surface area contributed by atoms with Crippen LogP contribution in [0, 0.1) is 0 Å². The van der Waals surface area contributed by atoms with Gasteiger partial charge < -0.3 is 5.48 Å². The van der Waals surface area contributed by atoms with Gasteiger partial charge in [-0.05, 0) is 12.2 Å². The van der Waals surface area contributed by atoms with Crippen molar-refractivity contribution in [2.24, 2.45) is 0 Å². The Labute approximate surface area is 52.0 Å². The monoisotopic (exact) mass is 126 g/mol. The van der Waals surface area contributed by atoms with Crippen molar-refractivity contribution in [1.82, 2.24) is 0 Å². The summed E-state index contributed by atoms with van der Waals surface area (Å²) in [4.78, 5) is 20.6. The zero-order valence-electron chi connectivity index (χ0n) is 4.63. The van der Waals surface area contributed by atoms with E-state index in [1.54, 1.807) is 12.2 Å². The predicted molar refractivity (Wildman–Crippen MR) is 31.9 cm³/mol. The van der Waals surface area contributed by atoms with E-state index in [1.807, 2.05) is 0 Å². The van der Waals surface area contributed by atoms with Gasteiger partial charge in [-0.15, -0.1) is 0 Å². The molecule has 0 fully saturated rings. The van der Waals surface area contributed by atoms with Gasteiger partial charge in [-0.1, -0.05) is 12.2 Å². The molecule has 0 heterocycles. The molecular weight excluding hydrogens is 120 g/mol. The Balaban J connectivity index is 0.000000640. The van der Waals surface area contributed by atoms with E-state index in [-0.39, 0.29) is 5.48 Å². The SMILES string of the molecule is O.O=C1C=CC=CC1=O. The maximum Gasteiger partial charge on any atom is 0.225 e. The first-order valence-electron chi connectivity index (χ1n) is 2.24. The van der Waals surface area contributed by atoms with Crippen molar-refractivity contribution in [3.05, 3.63) is 24.3 Å². The number of ketones is 2. The minimum absolute atomic E-state index is 0. The first-order valence-corrected chi connectivity index (χ1v) is 2.24. The summed E-state index contributed by atoms with van der Waals surface area (Å²) in [7, 11) is 0. The molecule has 0 unspecified atom stereocenters. The minimum atomic E-state index is -0.437. The van der Waals surface area contributed by atoms with Gasteiger partial charge in [-0.2, -0.15) is 0 Å². The number of carbonyl (C=O) groups excluding carboxylic acids is 2. The largest absolute Gasteiger partial charge is 0.412 e. The molecule has 0 bridgehead atoms. The Hall–Kier alpha value is -1.22. The highest BCUT2D eigenvalue weighted by atomic mass is 16.2. The topological polar surface area (TPSA) is 65.6 Å². The highest BCUT2D eigenvalue weighted by Crippen LogP contribution is 1.90. The molecule has 0 atom stereocenters. The van der Waals surface area contributed by atoms with Gasteiger partial charge in [0.05, 0.1) is 0 Å². The van der Waals surface area contributed by atoms with Crippen LogP contribution < -0.4 is 0 Å². The fraction of sp³-hybridized carbons (Fsp3) is 0. The fourth-order valence-corrected chi connectivity index (χ4v) is 0.450. The van der Waals surface area contributed by atoms with Gasteiger partial charge in [-0.3, -0.25) is 9.59 Å². The molecule has 0 saturated heterocycles. The molecule has 0 spiro atoms. The molecule has 0 saturated carbocycles. The van der Waals surface area contributed by atoms with Crippen LogP contribution >= 0.6 is 0 Å². The van der Waals surface area contributed by atoms with Crippen LogP contribution in [0.15, 0.2) is 24.3 Å².